The second-order valence-corrected chi connectivity index (χ2v) is 5.92. The summed E-state index contributed by atoms with van der Waals surface area (Å²) in [7, 11) is 1.35. The third-order valence-electron chi connectivity index (χ3n) is 3.92. The SMILES string of the molecule is Cc1nn(CC(F)(F)F)c(C)c1CC(=O)N(C)C(C)(C)C(=O)O. The third-order valence-corrected chi connectivity index (χ3v) is 3.92. The molecule has 0 unspecified atom stereocenters. The van der Waals surface area contributed by atoms with Gasteiger partial charge in [-0.1, -0.05) is 0 Å². The lowest BCUT2D eigenvalue weighted by Gasteiger charge is -2.31. The van der Waals surface area contributed by atoms with Gasteiger partial charge in [0, 0.05) is 18.3 Å². The second kappa shape index (κ2) is 6.21. The van der Waals surface area contributed by atoms with Gasteiger partial charge in [0.25, 0.3) is 0 Å². The molecule has 0 bridgehead atoms. The lowest BCUT2D eigenvalue weighted by Crippen LogP contribution is -2.51. The normalized spacial score (nSPS) is 12.3. The minimum atomic E-state index is -4.41. The van der Waals surface area contributed by atoms with E-state index in [-0.39, 0.29) is 12.1 Å². The van der Waals surface area contributed by atoms with Gasteiger partial charge in [0.2, 0.25) is 5.91 Å². The lowest BCUT2D eigenvalue weighted by atomic mass is 10.0. The van der Waals surface area contributed by atoms with E-state index in [0.717, 1.165) is 9.58 Å². The Morgan fingerprint density at radius 2 is 1.78 bits per heavy atom. The lowest BCUT2D eigenvalue weighted by molar-refractivity contribution is -0.155. The number of alkyl halides is 3. The van der Waals surface area contributed by atoms with Crippen LogP contribution >= 0.6 is 0 Å². The molecule has 0 atom stereocenters. The number of nitrogens with zero attached hydrogens (tertiary/aromatic N) is 3. The summed E-state index contributed by atoms with van der Waals surface area (Å²) in [4.78, 5) is 24.5. The Balaban J connectivity index is 3.02. The van der Waals surface area contributed by atoms with Crippen molar-refractivity contribution in [2.24, 2.45) is 0 Å². The molecule has 130 valence electrons. The highest BCUT2D eigenvalue weighted by atomic mass is 19.4. The highest BCUT2D eigenvalue weighted by Gasteiger charge is 2.36. The zero-order valence-electron chi connectivity index (χ0n) is 13.7. The maximum Gasteiger partial charge on any atom is 0.408 e. The number of likely N-dealkylation sites (N-methyl/N-ethyl adjacent to an activating group) is 1. The van der Waals surface area contributed by atoms with Gasteiger partial charge in [-0.25, -0.2) is 4.79 Å². The van der Waals surface area contributed by atoms with E-state index in [9.17, 15) is 22.8 Å². The molecule has 0 spiro atoms. The number of halogens is 3. The molecule has 0 saturated heterocycles. The summed E-state index contributed by atoms with van der Waals surface area (Å²) in [6, 6.07) is 0. The number of hydrogen-bond acceptors (Lipinski definition) is 3. The van der Waals surface area contributed by atoms with Gasteiger partial charge in [0.1, 0.15) is 12.1 Å². The van der Waals surface area contributed by atoms with Gasteiger partial charge in [0.15, 0.2) is 0 Å². The fraction of sp³-hybridized carbons (Fsp3) is 0.643. The monoisotopic (exact) mass is 335 g/mol. The molecule has 0 radical (unpaired) electrons. The van der Waals surface area contributed by atoms with Crippen LogP contribution in [0, 0.1) is 13.8 Å². The van der Waals surface area contributed by atoms with Gasteiger partial charge in [-0.05, 0) is 27.7 Å². The number of aliphatic carboxylic acids is 1. The van der Waals surface area contributed by atoms with Crippen molar-refractivity contribution < 1.29 is 27.9 Å². The Hall–Kier alpha value is -2.06. The van der Waals surface area contributed by atoms with Crippen LogP contribution in [-0.4, -0.2) is 50.4 Å². The molecular weight excluding hydrogens is 315 g/mol. The first-order chi connectivity index (χ1) is 10.3. The predicted octanol–water partition coefficient (Wildman–Crippen LogP) is 1.93. The van der Waals surface area contributed by atoms with Gasteiger partial charge < -0.3 is 10.0 Å². The van der Waals surface area contributed by atoms with Crippen LogP contribution in [-0.2, 0) is 22.6 Å². The Morgan fingerprint density at radius 3 is 2.22 bits per heavy atom. The molecule has 6 nitrogen and oxygen atoms in total. The van der Waals surface area contributed by atoms with Crippen LogP contribution in [0.15, 0.2) is 0 Å². The summed E-state index contributed by atoms with van der Waals surface area (Å²) in [6.07, 6.45) is -4.62. The van der Waals surface area contributed by atoms with Crippen molar-refractivity contribution in [3.8, 4) is 0 Å². The molecule has 1 aromatic heterocycles. The highest BCUT2D eigenvalue weighted by molar-refractivity contribution is 5.87. The topological polar surface area (TPSA) is 75.4 Å². The number of aryl methyl sites for hydroxylation is 1. The number of carbonyl (C=O) groups excluding carboxylic acids is 1. The Kier molecular flexibility index (Phi) is 5.13. The van der Waals surface area contributed by atoms with E-state index in [0.29, 0.717) is 11.3 Å². The molecule has 23 heavy (non-hydrogen) atoms. The zero-order chi connectivity index (χ0) is 18.2. The van der Waals surface area contributed by atoms with Crippen LogP contribution in [0.1, 0.15) is 30.8 Å². The van der Waals surface area contributed by atoms with Crippen molar-refractivity contribution in [3.05, 3.63) is 17.0 Å². The maximum atomic E-state index is 12.5. The fourth-order valence-corrected chi connectivity index (χ4v) is 2.04. The van der Waals surface area contributed by atoms with E-state index < -0.39 is 30.1 Å². The zero-order valence-corrected chi connectivity index (χ0v) is 13.7. The molecule has 0 aliphatic heterocycles. The summed E-state index contributed by atoms with van der Waals surface area (Å²) < 4.78 is 38.3. The highest BCUT2D eigenvalue weighted by Crippen LogP contribution is 2.22. The maximum absolute atomic E-state index is 12.5. The van der Waals surface area contributed by atoms with Crippen LogP contribution in [0.3, 0.4) is 0 Å². The van der Waals surface area contributed by atoms with E-state index in [2.05, 4.69) is 5.10 Å². The largest absolute Gasteiger partial charge is 0.480 e. The van der Waals surface area contributed by atoms with Crippen LogP contribution in [0.5, 0.6) is 0 Å². The molecule has 0 aliphatic rings. The molecule has 0 fully saturated rings. The number of rotatable bonds is 5. The second-order valence-electron chi connectivity index (χ2n) is 5.92. The van der Waals surface area contributed by atoms with E-state index in [1.165, 1.54) is 34.7 Å². The molecule has 1 heterocycles. The van der Waals surface area contributed by atoms with Crippen LogP contribution < -0.4 is 0 Å². The molecule has 1 aromatic rings. The van der Waals surface area contributed by atoms with Gasteiger partial charge in [-0.3, -0.25) is 9.48 Å². The predicted molar refractivity (Wildman–Crippen MR) is 75.9 cm³/mol. The van der Waals surface area contributed by atoms with Crippen molar-refractivity contribution in [1.82, 2.24) is 14.7 Å². The van der Waals surface area contributed by atoms with E-state index >= 15 is 0 Å². The average Bonchev–Trinajstić information content (AvgIpc) is 2.63. The van der Waals surface area contributed by atoms with E-state index in [4.69, 9.17) is 5.11 Å². The minimum Gasteiger partial charge on any atom is -0.480 e. The summed E-state index contributed by atoms with van der Waals surface area (Å²) in [5, 5.41) is 12.9. The Labute approximate surface area is 131 Å². The third kappa shape index (κ3) is 4.23. The Bertz CT molecular complexity index is 621. The van der Waals surface area contributed by atoms with Crippen molar-refractivity contribution >= 4 is 11.9 Å². The minimum absolute atomic E-state index is 0.206. The Morgan fingerprint density at radius 1 is 1.26 bits per heavy atom. The van der Waals surface area contributed by atoms with Crippen LogP contribution in [0.25, 0.3) is 0 Å². The smallest absolute Gasteiger partial charge is 0.408 e. The van der Waals surface area contributed by atoms with E-state index in [1.807, 2.05) is 0 Å². The van der Waals surface area contributed by atoms with Gasteiger partial charge in [-0.15, -0.1) is 0 Å². The first-order valence-corrected chi connectivity index (χ1v) is 6.87. The number of hydrogen-bond donors (Lipinski definition) is 1. The molecule has 0 saturated carbocycles. The number of aromatic nitrogens is 2. The van der Waals surface area contributed by atoms with E-state index in [1.54, 1.807) is 0 Å². The fourth-order valence-electron chi connectivity index (χ4n) is 2.04. The molecule has 0 aromatic carbocycles. The number of amides is 1. The quantitative estimate of drug-likeness (QED) is 0.892. The molecule has 1 amide bonds. The van der Waals surface area contributed by atoms with Crippen molar-refractivity contribution in [3.63, 3.8) is 0 Å². The summed E-state index contributed by atoms with van der Waals surface area (Å²) >= 11 is 0. The first kappa shape index (κ1) is 19.0. The molecule has 1 rings (SSSR count). The standard InChI is InChI=1S/C14H20F3N3O3/c1-8-10(9(2)20(18-8)7-14(15,16)17)6-11(21)19(5)13(3,4)12(22)23/h6-7H2,1-5H3,(H,22,23). The van der Waals surface area contributed by atoms with Gasteiger partial charge >= 0.3 is 12.1 Å². The first-order valence-electron chi connectivity index (χ1n) is 6.87. The van der Waals surface area contributed by atoms with Crippen molar-refractivity contribution in [2.45, 2.75) is 52.4 Å². The summed E-state index contributed by atoms with van der Waals surface area (Å²) in [6.45, 7) is 4.49. The van der Waals surface area contributed by atoms with Crippen molar-refractivity contribution in [2.75, 3.05) is 7.05 Å². The number of carboxylic acids is 1. The van der Waals surface area contributed by atoms with Gasteiger partial charge in [0.05, 0.1) is 12.1 Å². The molecule has 9 heteroatoms. The molecule has 1 N–H and O–H groups in total. The van der Waals surface area contributed by atoms with Crippen molar-refractivity contribution in [1.29, 1.82) is 0 Å². The van der Waals surface area contributed by atoms with Crippen LogP contribution in [0.2, 0.25) is 0 Å². The molecular formula is C14H20F3N3O3. The van der Waals surface area contributed by atoms with Crippen LogP contribution in [0.4, 0.5) is 13.2 Å². The average molecular weight is 335 g/mol. The number of carbonyl (C=O) groups is 2. The van der Waals surface area contributed by atoms with Gasteiger partial charge in [-0.2, -0.15) is 18.3 Å². The molecule has 0 aliphatic carbocycles. The number of carboxylic acid groups (broad SMARTS) is 1. The summed E-state index contributed by atoms with van der Waals surface area (Å²) in [5.74, 6) is -1.68. The summed E-state index contributed by atoms with van der Waals surface area (Å²) in [5.41, 5.74) is -0.468.